The maximum absolute atomic E-state index is 13.6. The molecule has 3 aliphatic heterocycles. The van der Waals surface area contributed by atoms with Gasteiger partial charge in [0.15, 0.2) is 0 Å². The third-order valence-corrected chi connectivity index (χ3v) is 6.81. The molecular formula is C24H26FN3O4. The number of imide groups is 1. The van der Waals surface area contributed by atoms with Crippen LogP contribution in [0.1, 0.15) is 17.5 Å². The van der Waals surface area contributed by atoms with Crippen LogP contribution < -0.4 is 4.74 Å². The lowest BCUT2D eigenvalue weighted by atomic mass is 9.82. The van der Waals surface area contributed by atoms with Crippen molar-refractivity contribution in [1.29, 1.82) is 0 Å². The highest BCUT2D eigenvalue weighted by Gasteiger charge is 2.64. The lowest BCUT2D eigenvalue weighted by Gasteiger charge is -2.58. The number of ether oxygens (including phenoxy) is 1. The van der Waals surface area contributed by atoms with Gasteiger partial charge in [-0.15, -0.1) is 0 Å². The molecule has 1 N–H and O–H groups in total. The van der Waals surface area contributed by atoms with Gasteiger partial charge in [-0.2, -0.15) is 0 Å². The number of benzene rings is 2. The lowest BCUT2D eigenvalue weighted by Crippen LogP contribution is -2.81. The predicted octanol–water partition coefficient (Wildman–Crippen LogP) is 1.39. The van der Waals surface area contributed by atoms with Crippen molar-refractivity contribution in [3.05, 3.63) is 65.5 Å². The van der Waals surface area contributed by atoms with Crippen LogP contribution in [0.15, 0.2) is 48.5 Å². The number of halogens is 1. The molecule has 2 aromatic rings. The fourth-order valence-electron chi connectivity index (χ4n) is 5.21. The van der Waals surface area contributed by atoms with Crippen molar-refractivity contribution >= 4 is 11.8 Å². The van der Waals surface area contributed by atoms with Gasteiger partial charge in [-0.05, 0) is 41.8 Å². The Morgan fingerprint density at radius 3 is 2.31 bits per heavy atom. The van der Waals surface area contributed by atoms with Crippen LogP contribution >= 0.6 is 0 Å². The zero-order valence-corrected chi connectivity index (χ0v) is 17.9. The van der Waals surface area contributed by atoms with Crippen LogP contribution in [0.5, 0.6) is 5.75 Å². The molecular weight excluding hydrogens is 413 g/mol. The monoisotopic (exact) mass is 439 g/mol. The van der Waals surface area contributed by atoms with Crippen LogP contribution in [-0.2, 0) is 22.7 Å². The first kappa shape index (κ1) is 21.1. The number of nitrogens with zero attached hydrogens (tertiary/aromatic N) is 3. The number of rotatable bonds is 5. The normalized spacial score (nSPS) is 25.2. The van der Waals surface area contributed by atoms with Crippen molar-refractivity contribution in [2.75, 3.05) is 26.7 Å². The number of amides is 2. The van der Waals surface area contributed by atoms with Gasteiger partial charge in [0.25, 0.3) is 5.91 Å². The molecule has 3 fully saturated rings. The largest absolute Gasteiger partial charge is 0.497 e. The van der Waals surface area contributed by atoms with Crippen molar-refractivity contribution < 1.29 is 23.8 Å². The average Bonchev–Trinajstić information content (AvgIpc) is 3.16. The Kier molecular flexibility index (Phi) is 5.23. The molecule has 0 radical (unpaired) electrons. The Hall–Kier alpha value is -2.81. The average molecular weight is 439 g/mol. The van der Waals surface area contributed by atoms with Gasteiger partial charge >= 0.3 is 0 Å². The van der Waals surface area contributed by atoms with E-state index in [1.165, 1.54) is 17.0 Å². The van der Waals surface area contributed by atoms with Crippen molar-refractivity contribution in [3.8, 4) is 5.75 Å². The molecule has 3 aliphatic rings. The number of hydrogen-bond acceptors (Lipinski definition) is 6. The first-order valence-electron chi connectivity index (χ1n) is 10.8. The number of likely N-dealkylation sites (tertiary alicyclic amines) is 1. The lowest BCUT2D eigenvalue weighted by molar-refractivity contribution is -0.181. The van der Waals surface area contributed by atoms with Gasteiger partial charge in [-0.1, -0.05) is 24.3 Å². The summed E-state index contributed by atoms with van der Waals surface area (Å²) in [7, 11) is 1.59. The molecule has 168 valence electrons. The van der Waals surface area contributed by atoms with Gasteiger partial charge in [-0.3, -0.25) is 24.3 Å². The first-order valence-corrected chi connectivity index (χ1v) is 10.8. The predicted molar refractivity (Wildman–Crippen MR) is 114 cm³/mol. The Bertz CT molecular complexity index is 1020. The number of carbonyl (C=O) groups excluding carboxylic acids is 2. The van der Waals surface area contributed by atoms with E-state index in [9.17, 15) is 19.1 Å². The second-order valence-corrected chi connectivity index (χ2v) is 8.94. The Labute approximate surface area is 186 Å². The first-order chi connectivity index (χ1) is 15.4. The van der Waals surface area contributed by atoms with Crippen LogP contribution in [0.2, 0.25) is 0 Å². The number of aliphatic hydroxyl groups excluding tert-OH is 1. The highest BCUT2D eigenvalue weighted by molar-refractivity contribution is 6.06. The molecule has 5 rings (SSSR count). The molecule has 0 aliphatic carbocycles. The summed E-state index contributed by atoms with van der Waals surface area (Å²) in [6, 6.07) is 13.2. The third kappa shape index (κ3) is 3.48. The van der Waals surface area contributed by atoms with Crippen LogP contribution in [0.25, 0.3) is 0 Å². The van der Waals surface area contributed by atoms with Gasteiger partial charge in [0.2, 0.25) is 5.91 Å². The van der Waals surface area contributed by atoms with E-state index in [0.717, 1.165) is 11.1 Å². The van der Waals surface area contributed by atoms with E-state index in [-0.39, 0.29) is 24.2 Å². The summed E-state index contributed by atoms with van der Waals surface area (Å²) in [4.78, 5) is 32.2. The molecule has 32 heavy (non-hydrogen) atoms. The van der Waals surface area contributed by atoms with Crippen molar-refractivity contribution in [1.82, 2.24) is 14.7 Å². The maximum Gasteiger partial charge on any atom is 0.252 e. The smallest absolute Gasteiger partial charge is 0.252 e. The summed E-state index contributed by atoms with van der Waals surface area (Å²) in [6.07, 6.45) is -0.286. The Morgan fingerprint density at radius 1 is 1.03 bits per heavy atom. The summed E-state index contributed by atoms with van der Waals surface area (Å²) in [6.45, 7) is 2.06. The van der Waals surface area contributed by atoms with Gasteiger partial charge in [0.1, 0.15) is 17.1 Å². The van der Waals surface area contributed by atoms with E-state index in [1.807, 2.05) is 29.2 Å². The van der Waals surface area contributed by atoms with Gasteiger partial charge in [0.05, 0.1) is 25.8 Å². The molecule has 3 heterocycles. The molecule has 2 amide bonds. The van der Waals surface area contributed by atoms with Gasteiger partial charge in [0, 0.05) is 26.2 Å². The zero-order chi connectivity index (χ0) is 22.5. The number of carbonyl (C=O) groups is 2. The van der Waals surface area contributed by atoms with Crippen molar-refractivity contribution in [2.24, 2.45) is 0 Å². The topological polar surface area (TPSA) is 73.3 Å². The fourth-order valence-corrected chi connectivity index (χ4v) is 5.21. The fraction of sp³-hybridized carbons (Fsp3) is 0.417. The SMILES string of the molecule is COc1ccc(CN2C(=O)[C@@H]3C[C@@H](O)CN3C3(CN(Cc4ccc(F)cc4)C3)C2=O)cc1. The molecule has 3 saturated heterocycles. The second kappa shape index (κ2) is 7.95. The number of aliphatic hydroxyl groups is 1. The standard InChI is InChI=1S/C24H26FN3O4/c1-32-20-8-4-17(5-9-20)12-27-22(30)21-10-19(29)13-28(21)24(23(27)31)14-26(15-24)11-16-2-6-18(25)7-3-16/h2-9,19,21,29H,10-15H2,1H3/t19-,21+/m1/s1. The number of piperazine rings is 1. The number of hydrogen-bond donors (Lipinski definition) is 1. The van der Waals surface area contributed by atoms with E-state index in [0.29, 0.717) is 38.3 Å². The second-order valence-electron chi connectivity index (χ2n) is 8.94. The third-order valence-electron chi connectivity index (χ3n) is 6.81. The molecule has 0 bridgehead atoms. The maximum atomic E-state index is 13.6. The zero-order valence-electron chi connectivity index (χ0n) is 17.9. The summed E-state index contributed by atoms with van der Waals surface area (Å²) in [5.74, 6) is -0.0242. The van der Waals surface area contributed by atoms with Crippen LogP contribution in [0.3, 0.4) is 0 Å². The summed E-state index contributed by atoms with van der Waals surface area (Å²) >= 11 is 0. The molecule has 2 atom stereocenters. The molecule has 0 aromatic heterocycles. The highest BCUT2D eigenvalue weighted by Crippen LogP contribution is 2.41. The van der Waals surface area contributed by atoms with Crippen molar-refractivity contribution in [3.63, 3.8) is 0 Å². The van der Waals surface area contributed by atoms with Gasteiger partial charge < -0.3 is 9.84 Å². The van der Waals surface area contributed by atoms with E-state index < -0.39 is 17.7 Å². The molecule has 0 unspecified atom stereocenters. The van der Waals surface area contributed by atoms with Crippen LogP contribution in [0.4, 0.5) is 4.39 Å². The van der Waals surface area contributed by atoms with E-state index in [2.05, 4.69) is 4.90 Å². The van der Waals surface area contributed by atoms with Crippen LogP contribution in [-0.4, -0.2) is 76.0 Å². The molecule has 1 spiro atoms. The molecule has 7 nitrogen and oxygen atoms in total. The number of β-amino-alcohol motifs (C(OH)–C–C–N with tert-alkyl or cyclic N) is 1. The van der Waals surface area contributed by atoms with Crippen LogP contribution in [0, 0.1) is 5.82 Å². The summed E-state index contributed by atoms with van der Waals surface area (Å²) in [5, 5.41) is 10.3. The quantitative estimate of drug-likeness (QED) is 0.710. The van der Waals surface area contributed by atoms with Crippen molar-refractivity contribution in [2.45, 2.75) is 37.2 Å². The Morgan fingerprint density at radius 2 is 1.66 bits per heavy atom. The minimum absolute atomic E-state index is 0.196. The molecule has 8 heteroatoms. The molecule has 0 saturated carbocycles. The Balaban J connectivity index is 1.37. The molecule has 2 aromatic carbocycles. The minimum Gasteiger partial charge on any atom is -0.497 e. The number of methoxy groups -OCH3 is 1. The van der Waals surface area contributed by atoms with Gasteiger partial charge in [-0.25, -0.2) is 4.39 Å². The summed E-state index contributed by atoms with van der Waals surface area (Å²) in [5.41, 5.74) is 0.994. The summed E-state index contributed by atoms with van der Waals surface area (Å²) < 4.78 is 18.4. The highest BCUT2D eigenvalue weighted by atomic mass is 19.1. The van der Waals surface area contributed by atoms with E-state index in [4.69, 9.17) is 4.74 Å². The van der Waals surface area contributed by atoms with E-state index >= 15 is 0 Å². The van der Waals surface area contributed by atoms with E-state index in [1.54, 1.807) is 19.2 Å². The number of fused-ring (bicyclic) bond motifs is 2. The minimum atomic E-state index is -0.817.